The molecule has 0 amide bonds. The quantitative estimate of drug-likeness (QED) is 0.755. The van der Waals surface area contributed by atoms with Crippen LogP contribution in [0.3, 0.4) is 0 Å². The molecule has 0 unspecified atom stereocenters. The number of aromatic nitrogens is 1. The maximum Gasteiger partial charge on any atom is 0.147 e. The fourth-order valence-corrected chi connectivity index (χ4v) is 2.92. The van der Waals surface area contributed by atoms with E-state index in [1.807, 2.05) is 13.0 Å². The lowest BCUT2D eigenvalue weighted by atomic mass is 10.3. The lowest BCUT2D eigenvalue weighted by Gasteiger charge is -2.00. The first-order valence-corrected chi connectivity index (χ1v) is 5.71. The highest BCUT2D eigenvalue weighted by molar-refractivity contribution is 14.1. The molecule has 0 fully saturated rings. The van der Waals surface area contributed by atoms with Crippen LogP contribution in [-0.4, -0.2) is 12.1 Å². The maximum absolute atomic E-state index is 5.26. The Balaban J connectivity index is 2.80. The van der Waals surface area contributed by atoms with Gasteiger partial charge in [-0.1, -0.05) is 0 Å². The highest BCUT2D eigenvalue weighted by Gasteiger charge is 2.07. The molecule has 0 saturated carbocycles. The Morgan fingerprint density at radius 3 is 2.92 bits per heavy atom. The topological polar surface area (TPSA) is 22.1 Å². The highest BCUT2D eigenvalue weighted by atomic mass is 127. The largest absolute Gasteiger partial charge is 0.494 e. The summed E-state index contributed by atoms with van der Waals surface area (Å²) >= 11 is 3.98. The van der Waals surface area contributed by atoms with Gasteiger partial charge in [-0.15, -0.1) is 11.3 Å². The summed E-state index contributed by atoms with van der Waals surface area (Å²) in [6.07, 6.45) is 0. The van der Waals surface area contributed by atoms with Gasteiger partial charge < -0.3 is 4.74 Å². The molecule has 0 aliphatic carbocycles. The van der Waals surface area contributed by atoms with Crippen molar-refractivity contribution in [3.8, 4) is 5.75 Å². The summed E-state index contributed by atoms with van der Waals surface area (Å²) in [5, 5.41) is 1.08. The minimum atomic E-state index is 0.867. The Kier molecular flexibility index (Phi) is 2.42. The van der Waals surface area contributed by atoms with E-state index in [0.717, 1.165) is 16.3 Å². The summed E-state index contributed by atoms with van der Waals surface area (Å²) in [6, 6.07) is 4.13. The van der Waals surface area contributed by atoms with Crippen LogP contribution in [-0.2, 0) is 0 Å². The molecule has 1 aromatic heterocycles. The van der Waals surface area contributed by atoms with E-state index in [9.17, 15) is 0 Å². The molecule has 0 saturated heterocycles. The second-order valence-corrected chi connectivity index (χ2v) is 5.17. The molecule has 2 rings (SSSR count). The SMILES string of the molecule is COc1cc(I)cc2sc(C)nc12. The average Bonchev–Trinajstić information content (AvgIpc) is 2.43. The van der Waals surface area contributed by atoms with E-state index < -0.39 is 0 Å². The standard InChI is InChI=1S/C9H8INOS/c1-5-11-9-7(12-2)3-6(10)4-8(9)13-5/h3-4H,1-2H3. The zero-order chi connectivity index (χ0) is 9.42. The van der Waals surface area contributed by atoms with Crippen LogP contribution in [0.5, 0.6) is 5.75 Å². The predicted molar refractivity (Wildman–Crippen MR) is 63.6 cm³/mol. The van der Waals surface area contributed by atoms with Crippen molar-refractivity contribution in [2.24, 2.45) is 0 Å². The smallest absolute Gasteiger partial charge is 0.147 e. The summed E-state index contributed by atoms with van der Waals surface area (Å²) in [7, 11) is 1.68. The van der Waals surface area contributed by atoms with Gasteiger partial charge in [-0.3, -0.25) is 0 Å². The Morgan fingerprint density at radius 1 is 1.46 bits per heavy atom. The monoisotopic (exact) mass is 305 g/mol. The van der Waals surface area contributed by atoms with E-state index >= 15 is 0 Å². The number of ether oxygens (including phenoxy) is 1. The zero-order valence-electron chi connectivity index (χ0n) is 7.30. The number of methoxy groups -OCH3 is 1. The molecule has 0 bridgehead atoms. The summed E-state index contributed by atoms with van der Waals surface area (Å²) in [4.78, 5) is 4.42. The van der Waals surface area contributed by atoms with E-state index in [1.165, 1.54) is 8.27 Å². The van der Waals surface area contributed by atoms with E-state index in [4.69, 9.17) is 4.74 Å². The van der Waals surface area contributed by atoms with Crippen molar-refractivity contribution in [3.63, 3.8) is 0 Å². The third-order valence-corrected chi connectivity index (χ3v) is 3.29. The summed E-state index contributed by atoms with van der Waals surface area (Å²) in [6.45, 7) is 2.01. The first kappa shape index (κ1) is 9.21. The number of benzene rings is 1. The summed E-state index contributed by atoms with van der Waals surface area (Å²) in [5.74, 6) is 0.867. The Labute approximate surface area is 94.1 Å². The minimum absolute atomic E-state index is 0.867. The molecule has 0 aliphatic heterocycles. The Morgan fingerprint density at radius 2 is 2.23 bits per heavy atom. The number of halogens is 1. The van der Waals surface area contributed by atoms with Crippen LogP contribution in [0.2, 0.25) is 0 Å². The second kappa shape index (κ2) is 3.42. The summed E-state index contributed by atoms with van der Waals surface area (Å²) in [5.41, 5.74) is 0.977. The lowest BCUT2D eigenvalue weighted by Crippen LogP contribution is -1.85. The number of fused-ring (bicyclic) bond motifs is 1. The molecule has 0 N–H and O–H groups in total. The molecular weight excluding hydrogens is 297 g/mol. The fourth-order valence-electron chi connectivity index (χ4n) is 1.23. The van der Waals surface area contributed by atoms with Gasteiger partial charge in [-0.25, -0.2) is 4.98 Å². The second-order valence-electron chi connectivity index (χ2n) is 2.69. The molecule has 0 atom stereocenters. The van der Waals surface area contributed by atoms with Gasteiger partial charge in [0.05, 0.1) is 16.8 Å². The van der Waals surface area contributed by atoms with Gasteiger partial charge in [0.1, 0.15) is 11.3 Å². The number of thiazole rings is 1. The van der Waals surface area contributed by atoms with Gasteiger partial charge in [0.15, 0.2) is 0 Å². The van der Waals surface area contributed by atoms with Crippen LogP contribution in [0, 0.1) is 10.5 Å². The molecule has 0 aliphatic rings. The van der Waals surface area contributed by atoms with Gasteiger partial charge in [-0.05, 0) is 41.6 Å². The third kappa shape index (κ3) is 1.65. The van der Waals surface area contributed by atoms with Crippen molar-refractivity contribution in [1.29, 1.82) is 0 Å². The van der Waals surface area contributed by atoms with Crippen LogP contribution >= 0.6 is 33.9 Å². The van der Waals surface area contributed by atoms with Gasteiger partial charge in [0, 0.05) is 3.57 Å². The molecule has 2 nitrogen and oxygen atoms in total. The van der Waals surface area contributed by atoms with E-state index in [2.05, 4.69) is 33.6 Å². The molecule has 0 radical (unpaired) electrons. The van der Waals surface area contributed by atoms with Gasteiger partial charge in [0.2, 0.25) is 0 Å². The molecule has 13 heavy (non-hydrogen) atoms. The molecule has 0 spiro atoms. The van der Waals surface area contributed by atoms with Crippen LogP contribution in [0.15, 0.2) is 12.1 Å². The molecule has 1 aromatic carbocycles. The van der Waals surface area contributed by atoms with Crippen molar-refractivity contribution in [2.75, 3.05) is 7.11 Å². The first-order chi connectivity index (χ1) is 6.20. The van der Waals surface area contributed by atoms with Crippen LogP contribution < -0.4 is 4.74 Å². The van der Waals surface area contributed by atoms with E-state index in [-0.39, 0.29) is 0 Å². The van der Waals surface area contributed by atoms with Crippen molar-refractivity contribution >= 4 is 44.1 Å². The van der Waals surface area contributed by atoms with Gasteiger partial charge >= 0.3 is 0 Å². The zero-order valence-corrected chi connectivity index (χ0v) is 10.3. The lowest BCUT2D eigenvalue weighted by molar-refractivity contribution is 0.418. The van der Waals surface area contributed by atoms with Crippen LogP contribution in [0.25, 0.3) is 10.2 Å². The molecule has 68 valence electrons. The Bertz CT molecular complexity index is 452. The van der Waals surface area contributed by atoms with Crippen LogP contribution in [0.4, 0.5) is 0 Å². The van der Waals surface area contributed by atoms with Gasteiger partial charge in [0.25, 0.3) is 0 Å². The third-order valence-electron chi connectivity index (χ3n) is 1.75. The number of rotatable bonds is 1. The van der Waals surface area contributed by atoms with E-state index in [0.29, 0.717) is 0 Å². The van der Waals surface area contributed by atoms with Crippen molar-refractivity contribution in [1.82, 2.24) is 4.98 Å². The highest BCUT2D eigenvalue weighted by Crippen LogP contribution is 2.31. The first-order valence-electron chi connectivity index (χ1n) is 3.81. The number of nitrogens with zero attached hydrogens (tertiary/aromatic N) is 1. The molecule has 1 heterocycles. The van der Waals surface area contributed by atoms with Crippen molar-refractivity contribution < 1.29 is 4.74 Å². The maximum atomic E-state index is 5.26. The van der Waals surface area contributed by atoms with Gasteiger partial charge in [-0.2, -0.15) is 0 Å². The number of hydrogen-bond donors (Lipinski definition) is 0. The number of aryl methyl sites for hydroxylation is 1. The minimum Gasteiger partial charge on any atom is -0.494 e. The molecular formula is C9H8INOS. The van der Waals surface area contributed by atoms with Crippen molar-refractivity contribution in [2.45, 2.75) is 6.92 Å². The average molecular weight is 305 g/mol. The predicted octanol–water partition coefficient (Wildman–Crippen LogP) is 3.22. The normalized spacial score (nSPS) is 10.7. The van der Waals surface area contributed by atoms with E-state index in [1.54, 1.807) is 18.4 Å². The Hall–Kier alpha value is -0.360. The van der Waals surface area contributed by atoms with Crippen molar-refractivity contribution in [3.05, 3.63) is 20.7 Å². The summed E-state index contributed by atoms with van der Waals surface area (Å²) < 4.78 is 7.64. The van der Waals surface area contributed by atoms with Crippen LogP contribution in [0.1, 0.15) is 5.01 Å². The fraction of sp³-hybridized carbons (Fsp3) is 0.222. The number of hydrogen-bond acceptors (Lipinski definition) is 3. The molecule has 4 heteroatoms. The molecule has 2 aromatic rings.